The topological polar surface area (TPSA) is 89.7 Å². The summed E-state index contributed by atoms with van der Waals surface area (Å²) in [5.74, 6) is -0.544. The molecule has 1 rings (SSSR count). The Morgan fingerprint density at radius 2 is 2.15 bits per heavy atom. The third-order valence-electron chi connectivity index (χ3n) is 1.74. The number of sulfonamides is 1. The van der Waals surface area contributed by atoms with Crippen molar-refractivity contribution in [2.45, 2.75) is 6.10 Å². The third-order valence-corrected chi connectivity index (χ3v) is 2.98. The number of rotatable bonds is 4. The van der Waals surface area contributed by atoms with Gasteiger partial charge in [0.25, 0.3) is 0 Å². The largest absolute Gasteiger partial charge is 0.368 e. The molecule has 1 amide bonds. The number of nitrogens with zero attached hydrogens (tertiary/aromatic N) is 1. The molecule has 13 heavy (non-hydrogen) atoms. The summed E-state index contributed by atoms with van der Waals surface area (Å²) in [4.78, 5) is 10.3. The van der Waals surface area contributed by atoms with Gasteiger partial charge in [-0.3, -0.25) is 4.79 Å². The van der Waals surface area contributed by atoms with Gasteiger partial charge >= 0.3 is 0 Å². The molecule has 0 aromatic rings. The fourth-order valence-electron chi connectivity index (χ4n) is 0.977. The minimum atomic E-state index is -3.10. The van der Waals surface area contributed by atoms with Crippen molar-refractivity contribution in [2.24, 2.45) is 5.73 Å². The molecule has 1 fully saturated rings. The van der Waals surface area contributed by atoms with Crippen LogP contribution in [0.5, 0.6) is 0 Å². The van der Waals surface area contributed by atoms with E-state index in [0.29, 0.717) is 13.1 Å². The molecule has 0 aromatic heterocycles. The van der Waals surface area contributed by atoms with E-state index in [9.17, 15) is 13.2 Å². The van der Waals surface area contributed by atoms with Crippen LogP contribution in [0, 0.1) is 0 Å². The van der Waals surface area contributed by atoms with Gasteiger partial charge in [-0.2, -0.15) is 4.31 Å². The Labute approximate surface area is 76.7 Å². The number of carbonyl (C=O) groups excluding carboxylic acids is 1. The van der Waals surface area contributed by atoms with Gasteiger partial charge < -0.3 is 10.5 Å². The summed E-state index contributed by atoms with van der Waals surface area (Å²) in [5, 5.41) is 0. The summed E-state index contributed by atoms with van der Waals surface area (Å²) < 4.78 is 28.0. The highest BCUT2D eigenvalue weighted by Gasteiger charge is 2.33. The second-order valence-electron chi connectivity index (χ2n) is 2.98. The van der Waals surface area contributed by atoms with Gasteiger partial charge in [-0.1, -0.05) is 0 Å². The monoisotopic (exact) mass is 208 g/mol. The van der Waals surface area contributed by atoms with Gasteiger partial charge in [0.05, 0.1) is 12.4 Å². The fraction of sp³-hybridized carbons (Fsp3) is 0.833. The van der Waals surface area contributed by atoms with Crippen molar-refractivity contribution in [2.75, 3.05) is 26.0 Å². The highest BCUT2D eigenvalue weighted by molar-refractivity contribution is 7.88. The van der Waals surface area contributed by atoms with Crippen molar-refractivity contribution in [1.82, 2.24) is 4.31 Å². The quantitative estimate of drug-likeness (QED) is 0.586. The second kappa shape index (κ2) is 3.60. The Balaban J connectivity index is 2.23. The molecule has 6 nitrogen and oxygen atoms in total. The number of hydrogen-bond donors (Lipinski definition) is 1. The van der Waals surface area contributed by atoms with Crippen LogP contribution in [-0.4, -0.2) is 50.7 Å². The molecule has 0 aromatic carbocycles. The van der Waals surface area contributed by atoms with Crippen LogP contribution in [-0.2, 0) is 19.6 Å². The third kappa shape index (κ3) is 2.94. The molecule has 0 bridgehead atoms. The Morgan fingerprint density at radius 1 is 1.62 bits per heavy atom. The Morgan fingerprint density at radius 3 is 2.54 bits per heavy atom. The van der Waals surface area contributed by atoms with Crippen molar-refractivity contribution in [3.63, 3.8) is 0 Å². The molecule has 0 aliphatic carbocycles. The number of hydrogen-bond acceptors (Lipinski definition) is 4. The summed E-state index contributed by atoms with van der Waals surface area (Å²) >= 11 is 0. The van der Waals surface area contributed by atoms with E-state index in [1.54, 1.807) is 0 Å². The van der Waals surface area contributed by atoms with Gasteiger partial charge in [-0.25, -0.2) is 8.42 Å². The summed E-state index contributed by atoms with van der Waals surface area (Å²) in [5.41, 5.74) is 4.84. The molecule has 0 spiro atoms. The normalized spacial score (nSPS) is 19.8. The van der Waals surface area contributed by atoms with Crippen LogP contribution in [0.15, 0.2) is 0 Å². The maximum Gasteiger partial charge on any atom is 0.243 e. The van der Waals surface area contributed by atoms with Gasteiger partial charge in [0, 0.05) is 13.1 Å². The van der Waals surface area contributed by atoms with Crippen LogP contribution < -0.4 is 5.73 Å². The highest BCUT2D eigenvalue weighted by Crippen LogP contribution is 2.14. The number of nitrogens with two attached hydrogens (primary N) is 1. The minimum Gasteiger partial charge on any atom is -0.368 e. The average Bonchev–Trinajstić information content (AvgIpc) is 1.79. The molecule has 1 aliphatic rings. The van der Waals surface area contributed by atoms with Crippen LogP contribution >= 0.6 is 0 Å². The predicted octanol–water partition coefficient (Wildman–Crippen LogP) is -1.87. The van der Waals surface area contributed by atoms with Crippen LogP contribution in [0.1, 0.15) is 0 Å². The van der Waals surface area contributed by atoms with Gasteiger partial charge in [0.15, 0.2) is 0 Å². The van der Waals surface area contributed by atoms with Crippen molar-refractivity contribution in [1.29, 1.82) is 0 Å². The number of ether oxygens (including phenoxy) is 1. The zero-order chi connectivity index (χ0) is 10.1. The molecule has 7 heteroatoms. The van der Waals surface area contributed by atoms with E-state index in [-0.39, 0.29) is 12.7 Å². The Hall–Kier alpha value is -0.660. The van der Waals surface area contributed by atoms with Crippen molar-refractivity contribution >= 4 is 15.9 Å². The summed E-state index contributed by atoms with van der Waals surface area (Å²) in [7, 11) is -3.10. The van der Waals surface area contributed by atoms with E-state index in [2.05, 4.69) is 0 Å². The number of amides is 1. The molecule has 0 atom stereocenters. The van der Waals surface area contributed by atoms with E-state index >= 15 is 0 Å². The molecule has 1 saturated heterocycles. The minimum absolute atomic E-state index is 0.151. The van der Waals surface area contributed by atoms with Crippen LogP contribution in [0.25, 0.3) is 0 Å². The Kier molecular flexibility index (Phi) is 2.89. The first kappa shape index (κ1) is 10.4. The number of carbonyl (C=O) groups is 1. The highest BCUT2D eigenvalue weighted by atomic mass is 32.2. The zero-order valence-electron chi connectivity index (χ0n) is 7.26. The maximum atomic E-state index is 10.9. The van der Waals surface area contributed by atoms with Gasteiger partial charge in [0.2, 0.25) is 15.9 Å². The van der Waals surface area contributed by atoms with Crippen molar-refractivity contribution in [3.8, 4) is 0 Å². The lowest BCUT2D eigenvalue weighted by atomic mass is 10.2. The maximum absolute atomic E-state index is 10.9. The molecule has 1 aliphatic heterocycles. The van der Waals surface area contributed by atoms with E-state index in [4.69, 9.17) is 10.5 Å². The van der Waals surface area contributed by atoms with Gasteiger partial charge in [-0.05, 0) is 0 Å². The standard InChI is InChI=1S/C6H12N2O4S/c1-13(10,11)8-2-5(3-8)12-4-6(7)9/h5H,2-4H2,1H3,(H2,7,9). The van der Waals surface area contributed by atoms with Crippen LogP contribution in [0.4, 0.5) is 0 Å². The lowest BCUT2D eigenvalue weighted by molar-refractivity contribution is -0.126. The fourth-order valence-corrected chi connectivity index (χ4v) is 1.85. The smallest absolute Gasteiger partial charge is 0.243 e. The second-order valence-corrected chi connectivity index (χ2v) is 4.96. The number of primary amides is 1. The summed E-state index contributed by atoms with van der Waals surface area (Å²) in [6.45, 7) is 0.473. The first-order valence-corrected chi connectivity index (χ1v) is 5.59. The first-order valence-electron chi connectivity index (χ1n) is 3.74. The first-order chi connectivity index (χ1) is 5.89. The zero-order valence-corrected chi connectivity index (χ0v) is 8.08. The average molecular weight is 208 g/mol. The molecule has 76 valence electrons. The SMILES string of the molecule is CS(=O)(=O)N1CC(OCC(N)=O)C1. The van der Waals surface area contributed by atoms with E-state index in [1.165, 1.54) is 4.31 Å². The van der Waals surface area contributed by atoms with E-state index < -0.39 is 15.9 Å². The Bertz CT molecular complexity index is 294. The summed E-state index contributed by atoms with van der Waals surface area (Å²) in [6, 6.07) is 0. The summed E-state index contributed by atoms with van der Waals surface area (Å²) in [6.07, 6.45) is 0.944. The van der Waals surface area contributed by atoms with E-state index in [0.717, 1.165) is 6.26 Å². The van der Waals surface area contributed by atoms with Crippen molar-refractivity contribution < 1.29 is 17.9 Å². The molecular weight excluding hydrogens is 196 g/mol. The van der Waals surface area contributed by atoms with Gasteiger partial charge in [-0.15, -0.1) is 0 Å². The molecular formula is C6H12N2O4S. The lowest BCUT2D eigenvalue weighted by Gasteiger charge is -2.36. The van der Waals surface area contributed by atoms with Crippen LogP contribution in [0.2, 0.25) is 0 Å². The molecule has 0 unspecified atom stereocenters. The molecule has 2 N–H and O–H groups in total. The van der Waals surface area contributed by atoms with E-state index in [1.807, 2.05) is 0 Å². The lowest BCUT2D eigenvalue weighted by Crippen LogP contribution is -2.54. The van der Waals surface area contributed by atoms with Crippen molar-refractivity contribution in [3.05, 3.63) is 0 Å². The predicted molar refractivity (Wildman–Crippen MR) is 45.4 cm³/mol. The molecule has 0 saturated carbocycles. The van der Waals surface area contributed by atoms with Crippen LogP contribution in [0.3, 0.4) is 0 Å². The van der Waals surface area contributed by atoms with Gasteiger partial charge in [0.1, 0.15) is 6.61 Å². The molecule has 0 radical (unpaired) electrons. The molecule has 1 heterocycles.